The van der Waals surface area contributed by atoms with Crippen LogP contribution in [-0.4, -0.2) is 38.6 Å². The molecule has 2 amide bonds. The number of nitrogens with zero attached hydrogens (tertiary/aromatic N) is 1. The van der Waals surface area contributed by atoms with E-state index in [1.807, 2.05) is 0 Å². The molecule has 0 saturated carbocycles. The van der Waals surface area contributed by atoms with Crippen LogP contribution in [0, 0.1) is 0 Å². The van der Waals surface area contributed by atoms with Crippen LogP contribution < -0.4 is 5.32 Å². The Hall–Kier alpha value is -2.51. The van der Waals surface area contributed by atoms with E-state index in [4.69, 9.17) is 0 Å². The SMILES string of the molecule is CS1(O)c2ccccc2C(=O)N1CC(=O)Nc1ccc(O)cc1. The molecule has 120 valence electrons. The molecule has 3 N–H and O–H groups in total. The summed E-state index contributed by atoms with van der Waals surface area (Å²) in [5, 5.41) is 11.9. The Morgan fingerprint density at radius 2 is 1.83 bits per heavy atom. The van der Waals surface area contributed by atoms with Gasteiger partial charge in [-0.1, -0.05) is 12.1 Å². The van der Waals surface area contributed by atoms with Gasteiger partial charge in [0.2, 0.25) is 5.91 Å². The highest BCUT2D eigenvalue weighted by molar-refractivity contribution is 8.27. The first-order chi connectivity index (χ1) is 10.9. The van der Waals surface area contributed by atoms with Crippen LogP contribution in [0.25, 0.3) is 0 Å². The van der Waals surface area contributed by atoms with Crippen molar-refractivity contribution in [2.75, 3.05) is 18.1 Å². The molecule has 0 spiro atoms. The second kappa shape index (κ2) is 5.60. The van der Waals surface area contributed by atoms with Crippen LogP contribution in [0.3, 0.4) is 0 Å². The molecule has 0 aromatic heterocycles. The number of carbonyl (C=O) groups excluding carboxylic acids is 2. The molecule has 23 heavy (non-hydrogen) atoms. The fourth-order valence-electron chi connectivity index (χ4n) is 2.47. The molecule has 1 unspecified atom stereocenters. The van der Waals surface area contributed by atoms with Gasteiger partial charge < -0.3 is 15.0 Å². The zero-order valence-corrected chi connectivity index (χ0v) is 13.2. The minimum atomic E-state index is -2.51. The molecule has 1 aliphatic heterocycles. The Morgan fingerprint density at radius 1 is 1.17 bits per heavy atom. The molecule has 2 aromatic rings. The number of anilines is 1. The number of nitrogens with one attached hydrogen (secondary N) is 1. The number of rotatable bonds is 3. The molecule has 0 aliphatic carbocycles. The number of aromatic hydroxyl groups is 1. The van der Waals surface area contributed by atoms with E-state index in [9.17, 15) is 19.2 Å². The number of fused-ring (bicyclic) bond motifs is 1. The molecule has 0 bridgehead atoms. The largest absolute Gasteiger partial charge is 0.508 e. The Balaban J connectivity index is 1.77. The number of amides is 2. The molecule has 2 aromatic carbocycles. The second-order valence-corrected chi connectivity index (χ2v) is 7.81. The van der Waals surface area contributed by atoms with Crippen molar-refractivity contribution in [2.24, 2.45) is 0 Å². The standard InChI is InChI=1S/C16H16N2O4S/c1-23(22)14-5-3-2-4-13(14)16(21)18(23)10-15(20)17-11-6-8-12(19)9-7-11/h2-9,19,22H,10H2,1H3,(H,17,20). The van der Waals surface area contributed by atoms with Crippen LogP contribution >= 0.6 is 10.5 Å². The minimum Gasteiger partial charge on any atom is -0.508 e. The molecule has 0 fully saturated rings. The zero-order valence-electron chi connectivity index (χ0n) is 12.4. The zero-order chi connectivity index (χ0) is 16.6. The minimum absolute atomic E-state index is 0.0977. The Bertz CT molecular complexity index is 774. The van der Waals surface area contributed by atoms with Gasteiger partial charge in [0, 0.05) is 16.8 Å². The average molecular weight is 332 g/mol. The van der Waals surface area contributed by atoms with Gasteiger partial charge in [-0.3, -0.25) is 13.9 Å². The van der Waals surface area contributed by atoms with Crippen LogP contribution in [0.2, 0.25) is 0 Å². The molecule has 1 aliphatic rings. The fourth-order valence-corrected chi connectivity index (χ4v) is 4.40. The van der Waals surface area contributed by atoms with Crippen molar-refractivity contribution in [2.45, 2.75) is 4.90 Å². The maximum Gasteiger partial charge on any atom is 0.265 e. The van der Waals surface area contributed by atoms with Crippen molar-refractivity contribution in [1.29, 1.82) is 0 Å². The van der Waals surface area contributed by atoms with Crippen molar-refractivity contribution in [3.05, 3.63) is 54.1 Å². The van der Waals surface area contributed by atoms with E-state index in [1.54, 1.807) is 42.7 Å². The van der Waals surface area contributed by atoms with Gasteiger partial charge in [-0.05, 0) is 46.9 Å². The van der Waals surface area contributed by atoms with E-state index >= 15 is 0 Å². The van der Waals surface area contributed by atoms with Crippen molar-refractivity contribution in [1.82, 2.24) is 4.31 Å². The van der Waals surface area contributed by atoms with Crippen molar-refractivity contribution in [3.8, 4) is 5.75 Å². The van der Waals surface area contributed by atoms with Gasteiger partial charge in [-0.15, -0.1) is 0 Å². The molecular formula is C16H16N2O4S. The summed E-state index contributed by atoms with van der Waals surface area (Å²) in [4.78, 5) is 25.2. The number of carbonyl (C=O) groups is 2. The highest BCUT2D eigenvalue weighted by atomic mass is 32.3. The number of benzene rings is 2. The summed E-state index contributed by atoms with van der Waals surface area (Å²) in [6.07, 6.45) is 1.57. The van der Waals surface area contributed by atoms with Gasteiger partial charge in [-0.2, -0.15) is 0 Å². The lowest BCUT2D eigenvalue weighted by Gasteiger charge is -2.34. The third kappa shape index (κ3) is 2.76. The summed E-state index contributed by atoms with van der Waals surface area (Å²) in [5.41, 5.74) is 0.941. The molecule has 0 radical (unpaired) electrons. The molecule has 3 rings (SSSR count). The highest BCUT2D eigenvalue weighted by Crippen LogP contribution is 2.58. The third-order valence-corrected chi connectivity index (χ3v) is 5.97. The number of phenols is 1. The van der Waals surface area contributed by atoms with Crippen molar-refractivity contribution < 1.29 is 19.2 Å². The van der Waals surface area contributed by atoms with Gasteiger partial charge in [-0.25, -0.2) is 0 Å². The van der Waals surface area contributed by atoms with E-state index in [1.165, 1.54) is 16.4 Å². The average Bonchev–Trinajstić information content (AvgIpc) is 2.71. The first-order valence-corrected chi connectivity index (χ1v) is 8.86. The fraction of sp³-hybridized carbons (Fsp3) is 0.125. The summed E-state index contributed by atoms with van der Waals surface area (Å²) in [7, 11) is -2.51. The number of hydrogen-bond acceptors (Lipinski definition) is 4. The van der Waals surface area contributed by atoms with Crippen LogP contribution in [0.1, 0.15) is 10.4 Å². The summed E-state index contributed by atoms with van der Waals surface area (Å²) >= 11 is 0. The highest BCUT2D eigenvalue weighted by Gasteiger charge is 2.42. The lowest BCUT2D eigenvalue weighted by Crippen LogP contribution is -2.35. The van der Waals surface area contributed by atoms with Crippen LogP contribution in [0.15, 0.2) is 53.4 Å². The summed E-state index contributed by atoms with van der Waals surface area (Å²) < 4.78 is 11.9. The molecular weight excluding hydrogens is 316 g/mol. The van der Waals surface area contributed by atoms with E-state index in [0.717, 1.165) is 0 Å². The normalized spacial score (nSPS) is 22.3. The molecule has 1 atom stereocenters. The van der Waals surface area contributed by atoms with E-state index in [-0.39, 0.29) is 18.2 Å². The Labute approximate surface area is 135 Å². The monoisotopic (exact) mass is 332 g/mol. The smallest absolute Gasteiger partial charge is 0.265 e. The maximum absolute atomic E-state index is 12.4. The molecule has 6 nitrogen and oxygen atoms in total. The number of hydrogen-bond donors (Lipinski definition) is 3. The quantitative estimate of drug-likeness (QED) is 0.754. The van der Waals surface area contributed by atoms with Gasteiger partial charge in [0.15, 0.2) is 0 Å². The molecule has 1 heterocycles. The lowest BCUT2D eigenvalue weighted by atomic mass is 10.2. The summed E-state index contributed by atoms with van der Waals surface area (Å²) in [5.74, 6) is -0.661. The van der Waals surface area contributed by atoms with Gasteiger partial charge in [0.05, 0.1) is 5.56 Å². The summed E-state index contributed by atoms with van der Waals surface area (Å²) in [6, 6.07) is 12.9. The molecule has 7 heteroatoms. The third-order valence-electron chi connectivity index (χ3n) is 3.63. The first-order valence-electron chi connectivity index (χ1n) is 6.90. The second-order valence-electron chi connectivity index (χ2n) is 5.27. The maximum atomic E-state index is 12.4. The van der Waals surface area contributed by atoms with E-state index < -0.39 is 16.4 Å². The number of phenolic OH excluding ortho intramolecular Hbond substituents is 1. The van der Waals surface area contributed by atoms with E-state index in [0.29, 0.717) is 16.1 Å². The predicted octanol–water partition coefficient (Wildman–Crippen LogP) is 2.67. The topological polar surface area (TPSA) is 89.9 Å². The predicted molar refractivity (Wildman–Crippen MR) is 88.6 cm³/mol. The Kier molecular flexibility index (Phi) is 3.75. The first kappa shape index (κ1) is 15.4. The van der Waals surface area contributed by atoms with Gasteiger partial charge >= 0.3 is 0 Å². The lowest BCUT2D eigenvalue weighted by molar-refractivity contribution is -0.116. The van der Waals surface area contributed by atoms with Crippen LogP contribution in [0.5, 0.6) is 5.75 Å². The van der Waals surface area contributed by atoms with Crippen molar-refractivity contribution >= 4 is 28.0 Å². The molecule has 0 saturated heterocycles. The van der Waals surface area contributed by atoms with Gasteiger partial charge in [0.1, 0.15) is 12.3 Å². The van der Waals surface area contributed by atoms with E-state index in [2.05, 4.69) is 5.32 Å². The summed E-state index contributed by atoms with van der Waals surface area (Å²) in [6.45, 7) is -0.239. The van der Waals surface area contributed by atoms with Crippen LogP contribution in [-0.2, 0) is 4.79 Å². The van der Waals surface area contributed by atoms with Crippen LogP contribution in [0.4, 0.5) is 5.69 Å². The Morgan fingerprint density at radius 3 is 2.48 bits per heavy atom. The van der Waals surface area contributed by atoms with Gasteiger partial charge in [0.25, 0.3) is 5.91 Å². The van der Waals surface area contributed by atoms with Crippen molar-refractivity contribution in [3.63, 3.8) is 0 Å².